The van der Waals surface area contributed by atoms with Gasteiger partial charge >= 0.3 is 23.9 Å². The predicted molar refractivity (Wildman–Crippen MR) is 99.6 cm³/mol. The zero-order valence-electron chi connectivity index (χ0n) is 19.7. The fraction of sp³-hybridized carbons (Fsp3) is 0.842. The van der Waals surface area contributed by atoms with E-state index in [9.17, 15) is 92.6 Å². The van der Waals surface area contributed by atoms with E-state index in [4.69, 9.17) is 10.2 Å². The smallest absolute Gasteiger partial charge is 0.423 e. The van der Waals surface area contributed by atoms with Crippen LogP contribution in [0, 0.1) is 0 Å². The number of alkyl halides is 20. The molecule has 0 saturated heterocycles. The van der Waals surface area contributed by atoms with Crippen LogP contribution in [-0.4, -0.2) is 115 Å². The second kappa shape index (κ2) is 16.0. The molecule has 0 aromatic rings. The Morgan fingerprint density at radius 2 is 0.738 bits per heavy atom. The molecule has 0 rings (SSSR count). The number of carboxylic acid groups (broad SMARTS) is 1. The molecule has 3 nitrogen and oxygen atoms in total. The van der Waals surface area contributed by atoms with E-state index in [2.05, 4.69) is 6.58 Å². The summed E-state index contributed by atoms with van der Waals surface area (Å²) in [4.78, 5) is 9.25. The van der Waals surface area contributed by atoms with Crippen molar-refractivity contribution in [1.29, 1.82) is 0 Å². The van der Waals surface area contributed by atoms with Crippen LogP contribution in [0.2, 0.25) is 0 Å². The zero-order chi connectivity index (χ0) is 34.3. The third kappa shape index (κ3) is 9.91. The minimum absolute atomic E-state index is 0.833. The van der Waals surface area contributed by atoms with Crippen LogP contribution in [0.1, 0.15) is 0 Å². The third-order valence-corrected chi connectivity index (χ3v) is 4.88. The van der Waals surface area contributed by atoms with Crippen LogP contribution in [0.15, 0.2) is 12.7 Å². The van der Waals surface area contributed by atoms with Crippen LogP contribution in [0.4, 0.5) is 87.8 Å². The Kier molecular flexibility index (Phi) is 16.0. The molecule has 2 N–H and O–H groups in total. The summed E-state index contributed by atoms with van der Waals surface area (Å²) in [7, 11) is 0. The maximum absolute atomic E-state index is 13.6. The normalized spacial score (nSPS) is 21.8. The van der Waals surface area contributed by atoms with Gasteiger partial charge in [-0.1, -0.05) is 6.58 Å². The Balaban J connectivity index is 0. The highest BCUT2D eigenvalue weighted by molar-refractivity contribution is 5.78. The summed E-state index contributed by atoms with van der Waals surface area (Å²) in [6, 6.07) is 0. The van der Waals surface area contributed by atoms with E-state index in [1.54, 1.807) is 0 Å². The van der Waals surface area contributed by atoms with E-state index in [1.165, 1.54) is 0 Å². The minimum atomic E-state index is -7.21. The molecule has 23 heteroatoms. The maximum atomic E-state index is 13.6. The molecule has 0 heterocycles. The van der Waals surface area contributed by atoms with Crippen LogP contribution in [0.25, 0.3) is 0 Å². The van der Waals surface area contributed by atoms with Gasteiger partial charge in [0.25, 0.3) is 6.43 Å². The summed E-state index contributed by atoms with van der Waals surface area (Å²) in [6.45, 7) is 2.96. The van der Waals surface area contributed by atoms with Crippen LogP contribution >= 0.6 is 0 Å². The molecule has 0 aromatic carbocycles. The van der Waals surface area contributed by atoms with Gasteiger partial charge in [-0.25, -0.2) is 66.3 Å². The highest BCUT2D eigenvalue weighted by atomic mass is 19.4. The summed E-state index contributed by atoms with van der Waals surface area (Å²) < 4.78 is 261. The van der Waals surface area contributed by atoms with Gasteiger partial charge < -0.3 is 10.2 Å². The zero-order valence-corrected chi connectivity index (χ0v) is 19.7. The first-order valence-electron chi connectivity index (χ1n) is 10.3. The van der Waals surface area contributed by atoms with E-state index in [1.807, 2.05) is 0 Å². The number of halogens is 20. The second-order valence-electron chi connectivity index (χ2n) is 7.91. The molecule has 0 bridgehead atoms. The number of hydrogen-bond acceptors (Lipinski definition) is 2. The Morgan fingerprint density at radius 3 is 0.929 bits per heavy atom. The SMILES string of the molecule is C=CC(=O)O.OC(F)(F)C(F)(F)C(F)(F)C(F)C(F)C(F)C(F)C(F)C(F)C(F)C(F)C(F)C(F)C(F)C(F)C(F)F. The lowest BCUT2D eigenvalue weighted by molar-refractivity contribution is -0.395. The number of aliphatic carboxylic acids is 1. The lowest BCUT2D eigenvalue weighted by Crippen LogP contribution is -2.62. The summed E-state index contributed by atoms with van der Waals surface area (Å²) in [6.07, 6.45) is -66.2. The van der Waals surface area contributed by atoms with Crippen LogP contribution in [0.3, 0.4) is 0 Å². The topological polar surface area (TPSA) is 57.5 Å². The molecule has 42 heavy (non-hydrogen) atoms. The molecule has 0 aliphatic carbocycles. The minimum Gasteiger partial charge on any atom is -0.478 e. The van der Waals surface area contributed by atoms with Crippen molar-refractivity contribution in [2.24, 2.45) is 0 Å². The van der Waals surface area contributed by atoms with E-state index >= 15 is 0 Å². The summed E-state index contributed by atoms with van der Waals surface area (Å²) in [5.41, 5.74) is 0. The van der Waals surface area contributed by atoms with Gasteiger partial charge in [-0.3, -0.25) is 0 Å². The maximum Gasteiger partial charge on any atom is 0.423 e. The summed E-state index contributed by atoms with van der Waals surface area (Å²) >= 11 is 0. The fourth-order valence-corrected chi connectivity index (χ4v) is 2.45. The van der Waals surface area contributed by atoms with Crippen molar-refractivity contribution in [3.8, 4) is 0 Å². The van der Waals surface area contributed by atoms with E-state index in [0.717, 1.165) is 6.08 Å². The Labute approximate surface area is 221 Å². The highest BCUT2D eigenvalue weighted by Gasteiger charge is 2.76. The first-order chi connectivity index (χ1) is 18.6. The second-order valence-corrected chi connectivity index (χ2v) is 7.91. The standard InChI is InChI=1S/C16H14F20O.C3H4O2/c17-1(3(19)5(21)7(23)9(25)11(27)13(29)30)2(18)4(20)6(22)8(24)10(26)12(28)14(31,32)15(33,34)16(35,36)37;1-2-3(4)5/h1-13,37H;2H,1H2,(H,4,5). The molecular formula is C19H18F20O3. The lowest BCUT2D eigenvalue weighted by atomic mass is 9.92. The van der Waals surface area contributed by atoms with Gasteiger partial charge in [-0.15, -0.1) is 0 Å². The van der Waals surface area contributed by atoms with Gasteiger partial charge in [0.05, 0.1) is 0 Å². The Morgan fingerprint density at radius 1 is 0.524 bits per heavy atom. The number of hydrogen-bond donors (Lipinski definition) is 2. The number of carbonyl (C=O) groups is 1. The molecule has 252 valence electrons. The Hall–Kier alpha value is -2.23. The molecule has 0 spiro atoms. The Bertz CT molecular complexity index is 827. The summed E-state index contributed by atoms with van der Waals surface area (Å²) in [5, 5.41) is 15.3. The van der Waals surface area contributed by atoms with Gasteiger partial charge in [0.1, 0.15) is 0 Å². The van der Waals surface area contributed by atoms with Gasteiger partial charge in [0.15, 0.2) is 67.9 Å². The third-order valence-electron chi connectivity index (χ3n) is 4.88. The molecule has 0 aliphatic rings. The van der Waals surface area contributed by atoms with Crippen molar-refractivity contribution in [2.45, 2.75) is 98.4 Å². The highest BCUT2D eigenvalue weighted by Crippen LogP contribution is 2.48. The summed E-state index contributed by atoms with van der Waals surface area (Å²) in [5.74, 6) is -15.3. The van der Waals surface area contributed by atoms with Crippen molar-refractivity contribution in [3.63, 3.8) is 0 Å². The van der Waals surface area contributed by atoms with E-state index < -0.39 is 104 Å². The quantitative estimate of drug-likeness (QED) is 0.147. The predicted octanol–water partition coefficient (Wildman–Crippen LogP) is 6.42. The molecular weight excluding hydrogens is 656 g/mol. The molecule has 12 atom stereocenters. The van der Waals surface area contributed by atoms with Crippen molar-refractivity contribution < 1.29 is 103 Å². The monoisotopic (exact) mass is 674 g/mol. The lowest BCUT2D eigenvalue weighted by Gasteiger charge is -2.34. The molecule has 0 saturated carbocycles. The van der Waals surface area contributed by atoms with E-state index in [0.29, 0.717) is 0 Å². The van der Waals surface area contributed by atoms with Crippen molar-refractivity contribution in [1.82, 2.24) is 0 Å². The van der Waals surface area contributed by atoms with Crippen molar-refractivity contribution in [3.05, 3.63) is 12.7 Å². The molecule has 0 fully saturated rings. The largest absolute Gasteiger partial charge is 0.478 e. The van der Waals surface area contributed by atoms with E-state index in [-0.39, 0.29) is 0 Å². The number of rotatable bonds is 16. The van der Waals surface area contributed by atoms with Crippen molar-refractivity contribution >= 4 is 5.97 Å². The molecule has 0 amide bonds. The molecule has 0 aliphatic heterocycles. The number of carboxylic acids is 1. The van der Waals surface area contributed by atoms with Gasteiger partial charge in [-0.2, -0.15) is 26.3 Å². The number of aliphatic hydroxyl groups is 1. The van der Waals surface area contributed by atoms with Gasteiger partial charge in [0.2, 0.25) is 6.17 Å². The molecule has 0 aromatic heterocycles. The van der Waals surface area contributed by atoms with Crippen molar-refractivity contribution in [2.75, 3.05) is 0 Å². The first-order valence-corrected chi connectivity index (χ1v) is 10.3. The van der Waals surface area contributed by atoms with Crippen LogP contribution < -0.4 is 0 Å². The molecule has 12 unspecified atom stereocenters. The van der Waals surface area contributed by atoms with Crippen LogP contribution in [-0.2, 0) is 4.79 Å². The fourth-order valence-electron chi connectivity index (χ4n) is 2.45. The average Bonchev–Trinajstić information content (AvgIpc) is 2.91. The van der Waals surface area contributed by atoms with Gasteiger partial charge in [0, 0.05) is 6.08 Å². The average molecular weight is 674 g/mol. The van der Waals surface area contributed by atoms with Crippen LogP contribution in [0.5, 0.6) is 0 Å². The van der Waals surface area contributed by atoms with Gasteiger partial charge in [-0.05, 0) is 0 Å². The first kappa shape index (κ1) is 41.9. The molecule has 0 radical (unpaired) electrons.